The Morgan fingerprint density at radius 1 is 1.23 bits per heavy atom. The van der Waals surface area contributed by atoms with Gasteiger partial charge in [-0.25, -0.2) is 0 Å². The van der Waals surface area contributed by atoms with Gasteiger partial charge in [-0.2, -0.15) is 0 Å². The predicted molar refractivity (Wildman–Crippen MR) is 83.5 cm³/mol. The molecule has 0 aliphatic heterocycles. The van der Waals surface area contributed by atoms with Gasteiger partial charge in [-0.15, -0.1) is 0 Å². The number of carboxylic acids is 1. The summed E-state index contributed by atoms with van der Waals surface area (Å²) in [5, 5.41) is 12.4. The van der Waals surface area contributed by atoms with Gasteiger partial charge in [-0.05, 0) is 42.7 Å². The maximum Gasteiger partial charge on any atom is 0.310 e. The average Bonchev–Trinajstić information content (AvgIpc) is 2.46. The van der Waals surface area contributed by atoms with Crippen molar-refractivity contribution in [1.82, 2.24) is 5.32 Å². The molecule has 118 valence electrons. The minimum absolute atomic E-state index is 0.0193. The van der Waals surface area contributed by atoms with Crippen LogP contribution in [0.3, 0.4) is 0 Å². The summed E-state index contributed by atoms with van der Waals surface area (Å²) < 4.78 is 0. The molecule has 2 N–H and O–H groups in total. The van der Waals surface area contributed by atoms with Crippen LogP contribution in [-0.4, -0.2) is 17.0 Å². The van der Waals surface area contributed by atoms with Crippen molar-refractivity contribution >= 4 is 11.9 Å². The number of carboxylic acid groups (broad SMARTS) is 1. The molecule has 22 heavy (non-hydrogen) atoms. The van der Waals surface area contributed by atoms with Gasteiger partial charge in [0.05, 0.1) is 11.5 Å². The van der Waals surface area contributed by atoms with E-state index in [1.165, 1.54) is 11.1 Å². The number of aliphatic carboxylic acids is 1. The lowest BCUT2D eigenvalue weighted by molar-refractivity contribution is -0.157. The molecule has 0 radical (unpaired) electrons. The molecule has 2 atom stereocenters. The lowest BCUT2D eigenvalue weighted by Gasteiger charge is -2.38. The Kier molecular flexibility index (Phi) is 3.94. The molecule has 0 bridgehead atoms. The highest BCUT2D eigenvalue weighted by Crippen LogP contribution is 2.44. The second-order valence-electron chi connectivity index (χ2n) is 6.84. The van der Waals surface area contributed by atoms with Crippen molar-refractivity contribution in [2.45, 2.75) is 57.4 Å². The van der Waals surface area contributed by atoms with Crippen molar-refractivity contribution in [3.63, 3.8) is 0 Å². The fraction of sp³-hybridized carbons (Fsp3) is 0.556. The van der Waals surface area contributed by atoms with Crippen molar-refractivity contribution in [3.8, 4) is 0 Å². The molecule has 0 spiro atoms. The normalized spacial score (nSPS) is 25.7. The Bertz CT molecular complexity index is 592. The fourth-order valence-electron chi connectivity index (χ4n) is 3.78. The number of carbonyl (C=O) groups excluding carboxylic acids is 1. The Morgan fingerprint density at radius 2 is 1.91 bits per heavy atom. The first kappa shape index (κ1) is 15.1. The van der Waals surface area contributed by atoms with Crippen LogP contribution in [0, 0.1) is 5.41 Å². The van der Waals surface area contributed by atoms with Crippen molar-refractivity contribution < 1.29 is 14.7 Å². The largest absolute Gasteiger partial charge is 0.481 e. The third-order valence-corrected chi connectivity index (χ3v) is 5.39. The van der Waals surface area contributed by atoms with E-state index >= 15 is 0 Å². The van der Waals surface area contributed by atoms with Gasteiger partial charge in [0.1, 0.15) is 0 Å². The molecular weight excluding hydrogens is 278 g/mol. The molecule has 0 saturated heterocycles. The summed E-state index contributed by atoms with van der Waals surface area (Å²) in [5.74, 6) is -0.440. The number of rotatable bonds is 4. The van der Waals surface area contributed by atoms with Crippen molar-refractivity contribution in [2.75, 3.05) is 0 Å². The van der Waals surface area contributed by atoms with E-state index in [4.69, 9.17) is 0 Å². The maximum absolute atomic E-state index is 12.3. The standard InChI is InChI=1S/C18H23NO3/c1-12-7-8-15(14-6-3-2-5-13(12)14)19-16(20)11-18(17(21)22)9-4-10-18/h2-3,5-6,12,15H,4,7-11H2,1H3,(H,19,20)(H,21,22). The summed E-state index contributed by atoms with van der Waals surface area (Å²) >= 11 is 0. The highest BCUT2D eigenvalue weighted by Gasteiger charge is 2.46. The summed E-state index contributed by atoms with van der Waals surface area (Å²) in [6.07, 6.45) is 4.22. The van der Waals surface area contributed by atoms with Gasteiger partial charge in [-0.3, -0.25) is 9.59 Å². The topological polar surface area (TPSA) is 66.4 Å². The Morgan fingerprint density at radius 3 is 2.50 bits per heavy atom. The van der Waals surface area contributed by atoms with Gasteiger partial charge in [0.25, 0.3) is 0 Å². The van der Waals surface area contributed by atoms with Crippen molar-refractivity contribution in [2.24, 2.45) is 5.41 Å². The van der Waals surface area contributed by atoms with Crippen LogP contribution in [0.5, 0.6) is 0 Å². The molecule has 0 aromatic heterocycles. The van der Waals surface area contributed by atoms with Gasteiger partial charge in [-0.1, -0.05) is 37.6 Å². The van der Waals surface area contributed by atoms with E-state index < -0.39 is 11.4 Å². The molecule has 1 amide bonds. The molecule has 1 aromatic carbocycles. The molecule has 0 heterocycles. The summed E-state index contributed by atoms with van der Waals surface area (Å²) in [6, 6.07) is 8.26. The van der Waals surface area contributed by atoms with Gasteiger partial charge < -0.3 is 10.4 Å². The number of fused-ring (bicyclic) bond motifs is 1. The second kappa shape index (κ2) is 5.75. The minimum Gasteiger partial charge on any atom is -0.481 e. The molecule has 4 heteroatoms. The van der Waals surface area contributed by atoms with Crippen LogP contribution in [0.1, 0.15) is 68.5 Å². The molecule has 2 aliphatic carbocycles. The first-order chi connectivity index (χ1) is 10.5. The third kappa shape index (κ3) is 2.62. The van der Waals surface area contributed by atoms with Crippen LogP contribution in [0.15, 0.2) is 24.3 Å². The highest BCUT2D eigenvalue weighted by atomic mass is 16.4. The number of hydrogen-bond acceptors (Lipinski definition) is 2. The molecule has 1 saturated carbocycles. The van der Waals surface area contributed by atoms with E-state index in [1.807, 2.05) is 12.1 Å². The molecule has 3 rings (SSSR count). The summed E-state index contributed by atoms with van der Waals surface area (Å²) in [5.41, 5.74) is 1.68. The van der Waals surface area contributed by atoms with E-state index in [1.54, 1.807) is 0 Å². The molecule has 4 nitrogen and oxygen atoms in total. The van der Waals surface area contributed by atoms with E-state index in [0.717, 1.165) is 19.3 Å². The van der Waals surface area contributed by atoms with Crippen LogP contribution in [0.2, 0.25) is 0 Å². The molecule has 1 fully saturated rings. The second-order valence-corrected chi connectivity index (χ2v) is 6.84. The van der Waals surface area contributed by atoms with Crippen molar-refractivity contribution in [1.29, 1.82) is 0 Å². The Labute approximate surface area is 130 Å². The number of benzene rings is 1. The molecular formula is C18H23NO3. The number of amides is 1. The SMILES string of the molecule is CC1CCC(NC(=O)CC2(C(=O)O)CCC2)c2ccccc21. The monoisotopic (exact) mass is 301 g/mol. The zero-order chi connectivity index (χ0) is 15.7. The number of carbonyl (C=O) groups is 2. The fourth-order valence-corrected chi connectivity index (χ4v) is 3.78. The van der Waals surface area contributed by atoms with Gasteiger partial charge in [0.15, 0.2) is 0 Å². The van der Waals surface area contributed by atoms with E-state index in [0.29, 0.717) is 18.8 Å². The van der Waals surface area contributed by atoms with Crippen LogP contribution in [-0.2, 0) is 9.59 Å². The van der Waals surface area contributed by atoms with Gasteiger partial charge in [0.2, 0.25) is 5.91 Å². The van der Waals surface area contributed by atoms with E-state index in [9.17, 15) is 14.7 Å². The number of hydrogen-bond donors (Lipinski definition) is 2. The van der Waals surface area contributed by atoms with Gasteiger partial charge in [0, 0.05) is 6.42 Å². The summed E-state index contributed by atoms with van der Waals surface area (Å²) in [4.78, 5) is 23.7. The average molecular weight is 301 g/mol. The predicted octanol–water partition coefficient (Wildman–Crippen LogP) is 3.39. The van der Waals surface area contributed by atoms with E-state index in [-0.39, 0.29) is 18.4 Å². The quantitative estimate of drug-likeness (QED) is 0.896. The Hall–Kier alpha value is -1.84. The first-order valence-electron chi connectivity index (χ1n) is 8.13. The first-order valence-corrected chi connectivity index (χ1v) is 8.13. The van der Waals surface area contributed by atoms with Crippen LogP contribution in [0.25, 0.3) is 0 Å². The van der Waals surface area contributed by atoms with Crippen molar-refractivity contribution in [3.05, 3.63) is 35.4 Å². The summed E-state index contributed by atoms with van der Waals surface area (Å²) in [7, 11) is 0. The minimum atomic E-state index is -0.827. The third-order valence-electron chi connectivity index (χ3n) is 5.39. The van der Waals surface area contributed by atoms with E-state index in [2.05, 4.69) is 24.4 Å². The Balaban J connectivity index is 1.70. The lowest BCUT2D eigenvalue weighted by Crippen LogP contribution is -2.43. The number of nitrogens with one attached hydrogen (secondary N) is 1. The lowest BCUT2D eigenvalue weighted by atomic mass is 9.66. The maximum atomic E-state index is 12.3. The van der Waals surface area contributed by atoms with Crippen LogP contribution >= 0.6 is 0 Å². The smallest absolute Gasteiger partial charge is 0.310 e. The molecule has 1 aromatic rings. The zero-order valence-electron chi connectivity index (χ0n) is 13.0. The highest BCUT2D eigenvalue weighted by molar-refractivity contribution is 5.85. The molecule has 2 unspecified atom stereocenters. The molecule has 2 aliphatic rings. The van der Waals surface area contributed by atoms with Crippen LogP contribution < -0.4 is 5.32 Å². The van der Waals surface area contributed by atoms with Gasteiger partial charge >= 0.3 is 5.97 Å². The van der Waals surface area contributed by atoms with Crippen LogP contribution in [0.4, 0.5) is 0 Å². The summed E-state index contributed by atoms with van der Waals surface area (Å²) in [6.45, 7) is 2.21. The zero-order valence-corrected chi connectivity index (χ0v) is 13.0.